The molecular formula is C13H15NO2. The third-order valence-electron chi connectivity index (χ3n) is 1.96. The van der Waals surface area contributed by atoms with Gasteiger partial charge in [0.25, 0.3) is 0 Å². The van der Waals surface area contributed by atoms with Crippen LogP contribution in [0.1, 0.15) is 18.4 Å². The standard InChI is InChI=1S/C13H15NO2/c15-13(16)9-5-11-14-10-4-8-12-6-2-1-3-7-12/h1-3,6-7,14H,5,9-11H2,(H,15,16). The van der Waals surface area contributed by atoms with Crippen LogP contribution in [0.15, 0.2) is 30.3 Å². The first kappa shape index (κ1) is 12.3. The van der Waals surface area contributed by atoms with Crippen molar-refractivity contribution in [3.05, 3.63) is 35.9 Å². The molecule has 2 N–H and O–H groups in total. The minimum Gasteiger partial charge on any atom is -0.481 e. The Hall–Kier alpha value is -1.79. The van der Waals surface area contributed by atoms with Gasteiger partial charge in [0.15, 0.2) is 0 Å². The van der Waals surface area contributed by atoms with Crippen molar-refractivity contribution in [1.82, 2.24) is 5.32 Å². The normalized spacial score (nSPS) is 9.25. The van der Waals surface area contributed by atoms with E-state index >= 15 is 0 Å². The van der Waals surface area contributed by atoms with Gasteiger partial charge in [0.05, 0.1) is 6.54 Å². The molecule has 0 saturated heterocycles. The van der Waals surface area contributed by atoms with Gasteiger partial charge >= 0.3 is 5.97 Å². The van der Waals surface area contributed by atoms with Crippen LogP contribution < -0.4 is 5.32 Å². The second kappa shape index (κ2) is 7.49. The summed E-state index contributed by atoms with van der Waals surface area (Å²) in [5, 5.41) is 11.5. The first-order chi connectivity index (χ1) is 7.79. The van der Waals surface area contributed by atoms with Crippen LogP contribution in [0.2, 0.25) is 0 Å². The second-order valence-corrected chi connectivity index (χ2v) is 3.34. The third kappa shape index (κ3) is 5.84. The van der Waals surface area contributed by atoms with Crippen molar-refractivity contribution in [2.45, 2.75) is 12.8 Å². The fourth-order valence-corrected chi connectivity index (χ4v) is 1.18. The maximum absolute atomic E-state index is 10.2. The van der Waals surface area contributed by atoms with Crippen molar-refractivity contribution in [2.75, 3.05) is 13.1 Å². The maximum Gasteiger partial charge on any atom is 0.303 e. The SMILES string of the molecule is O=C(O)CCCNCC#Cc1ccccc1. The van der Waals surface area contributed by atoms with E-state index in [1.54, 1.807) is 0 Å². The number of carboxylic acids is 1. The summed E-state index contributed by atoms with van der Waals surface area (Å²) in [5.41, 5.74) is 0.995. The minimum atomic E-state index is -0.753. The number of carbonyl (C=O) groups is 1. The topological polar surface area (TPSA) is 49.3 Å². The summed E-state index contributed by atoms with van der Waals surface area (Å²) in [4.78, 5) is 10.2. The monoisotopic (exact) mass is 217 g/mol. The van der Waals surface area contributed by atoms with Crippen LogP contribution in [0, 0.1) is 11.8 Å². The zero-order valence-electron chi connectivity index (χ0n) is 9.07. The van der Waals surface area contributed by atoms with Crippen molar-refractivity contribution in [3.63, 3.8) is 0 Å². The Morgan fingerprint density at radius 1 is 1.31 bits per heavy atom. The van der Waals surface area contributed by atoms with Gasteiger partial charge in [-0.25, -0.2) is 0 Å². The molecule has 0 spiro atoms. The summed E-state index contributed by atoms with van der Waals surface area (Å²) >= 11 is 0. The highest BCUT2D eigenvalue weighted by atomic mass is 16.4. The zero-order valence-corrected chi connectivity index (χ0v) is 9.07. The van der Waals surface area contributed by atoms with Crippen molar-refractivity contribution in [3.8, 4) is 11.8 Å². The zero-order chi connectivity index (χ0) is 11.6. The Kier molecular flexibility index (Phi) is 5.75. The lowest BCUT2D eigenvalue weighted by Crippen LogP contribution is -2.16. The van der Waals surface area contributed by atoms with Gasteiger partial charge in [-0.3, -0.25) is 4.79 Å². The van der Waals surface area contributed by atoms with Gasteiger partial charge in [0.2, 0.25) is 0 Å². The molecule has 0 radical (unpaired) electrons. The van der Waals surface area contributed by atoms with Crippen LogP contribution in [0.25, 0.3) is 0 Å². The quantitative estimate of drug-likeness (QED) is 0.580. The van der Waals surface area contributed by atoms with E-state index in [9.17, 15) is 4.79 Å². The molecule has 0 heterocycles. The predicted molar refractivity (Wildman–Crippen MR) is 63.1 cm³/mol. The minimum absolute atomic E-state index is 0.207. The van der Waals surface area contributed by atoms with Crippen LogP contribution in [0.3, 0.4) is 0 Å². The highest BCUT2D eigenvalue weighted by molar-refractivity contribution is 5.66. The number of carboxylic acid groups (broad SMARTS) is 1. The Bertz CT molecular complexity index is 376. The molecule has 16 heavy (non-hydrogen) atoms. The number of nitrogens with one attached hydrogen (secondary N) is 1. The van der Waals surface area contributed by atoms with E-state index in [4.69, 9.17) is 5.11 Å². The fourth-order valence-electron chi connectivity index (χ4n) is 1.18. The van der Waals surface area contributed by atoms with E-state index in [1.165, 1.54) is 0 Å². The molecule has 1 aromatic carbocycles. The van der Waals surface area contributed by atoms with E-state index in [2.05, 4.69) is 17.2 Å². The molecule has 84 valence electrons. The smallest absolute Gasteiger partial charge is 0.303 e. The summed E-state index contributed by atoms with van der Waals surface area (Å²) < 4.78 is 0. The first-order valence-electron chi connectivity index (χ1n) is 5.25. The van der Waals surface area contributed by atoms with Crippen LogP contribution in [0.4, 0.5) is 0 Å². The Labute approximate surface area is 95.5 Å². The maximum atomic E-state index is 10.2. The lowest BCUT2D eigenvalue weighted by molar-refractivity contribution is -0.137. The number of aliphatic carboxylic acids is 1. The van der Waals surface area contributed by atoms with E-state index in [1.807, 2.05) is 30.3 Å². The molecule has 0 unspecified atom stereocenters. The Morgan fingerprint density at radius 3 is 2.75 bits per heavy atom. The summed E-state index contributed by atoms with van der Waals surface area (Å²) in [5.74, 6) is 5.24. The predicted octanol–water partition coefficient (Wildman–Crippen LogP) is 1.49. The molecule has 0 aliphatic heterocycles. The van der Waals surface area contributed by atoms with Crippen molar-refractivity contribution >= 4 is 5.97 Å². The highest BCUT2D eigenvalue weighted by Gasteiger charge is 1.94. The molecule has 1 aromatic rings. The van der Waals surface area contributed by atoms with Crippen molar-refractivity contribution in [2.24, 2.45) is 0 Å². The van der Waals surface area contributed by atoms with Crippen LogP contribution >= 0.6 is 0 Å². The average molecular weight is 217 g/mol. The second-order valence-electron chi connectivity index (χ2n) is 3.34. The van der Waals surface area contributed by atoms with Crippen molar-refractivity contribution in [1.29, 1.82) is 0 Å². The van der Waals surface area contributed by atoms with Gasteiger partial charge in [0, 0.05) is 12.0 Å². The first-order valence-corrected chi connectivity index (χ1v) is 5.25. The molecule has 0 fully saturated rings. The molecule has 1 rings (SSSR count). The third-order valence-corrected chi connectivity index (χ3v) is 1.96. The highest BCUT2D eigenvalue weighted by Crippen LogP contribution is 1.94. The van der Waals surface area contributed by atoms with Crippen LogP contribution in [-0.2, 0) is 4.79 Å². The molecule has 0 saturated carbocycles. The summed E-state index contributed by atoms with van der Waals surface area (Å²) in [6, 6.07) is 9.76. The summed E-state index contributed by atoms with van der Waals surface area (Å²) in [6.07, 6.45) is 0.849. The molecule has 0 aliphatic carbocycles. The van der Waals surface area contributed by atoms with E-state index < -0.39 is 5.97 Å². The van der Waals surface area contributed by atoms with Crippen molar-refractivity contribution < 1.29 is 9.90 Å². The Balaban J connectivity index is 2.12. The van der Waals surface area contributed by atoms with Gasteiger partial charge in [-0.05, 0) is 25.1 Å². The molecule has 0 bridgehead atoms. The lowest BCUT2D eigenvalue weighted by Gasteiger charge is -1.96. The average Bonchev–Trinajstić information content (AvgIpc) is 2.29. The van der Waals surface area contributed by atoms with Crippen LogP contribution in [-0.4, -0.2) is 24.2 Å². The number of hydrogen-bond acceptors (Lipinski definition) is 2. The van der Waals surface area contributed by atoms with Gasteiger partial charge < -0.3 is 10.4 Å². The van der Waals surface area contributed by atoms with Crippen LogP contribution in [0.5, 0.6) is 0 Å². The summed E-state index contributed by atoms with van der Waals surface area (Å²) in [7, 11) is 0. The largest absolute Gasteiger partial charge is 0.481 e. The molecule has 3 nitrogen and oxygen atoms in total. The summed E-state index contributed by atoms with van der Waals surface area (Å²) in [6.45, 7) is 1.28. The van der Waals surface area contributed by atoms with Gasteiger partial charge in [-0.2, -0.15) is 0 Å². The number of hydrogen-bond donors (Lipinski definition) is 2. The Morgan fingerprint density at radius 2 is 2.06 bits per heavy atom. The lowest BCUT2D eigenvalue weighted by atomic mass is 10.2. The molecule has 0 aromatic heterocycles. The van der Waals surface area contributed by atoms with Gasteiger partial charge in [0.1, 0.15) is 0 Å². The molecule has 0 atom stereocenters. The molecule has 0 aliphatic rings. The number of benzene rings is 1. The molecular weight excluding hydrogens is 202 g/mol. The molecule has 0 amide bonds. The van der Waals surface area contributed by atoms with Gasteiger partial charge in [-0.1, -0.05) is 30.0 Å². The fraction of sp³-hybridized carbons (Fsp3) is 0.308. The van der Waals surface area contributed by atoms with E-state index in [0.29, 0.717) is 19.5 Å². The van der Waals surface area contributed by atoms with E-state index in [-0.39, 0.29) is 6.42 Å². The van der Waals surface area contributed by atoms with Gasteiger partial charge in [-0.15, -0.1) is 0 Å². The molecule has 3 heteroatoms. The van der Waals surface area contributed by atoms with E-state index in [0.717, 1.165) is 5.56 Å². The number of rotatable bonds is 5.